The molecular weight excluding hydrogens is 403 g/mol. The number of amides is 1. The number of benzene rings is 3. The third-order valence-corrected chi connectivity index (χ3v) is 4.84. The molecule has 1 N–H and O–H groups in total. The summed E-state index contributed by atoms with van der Waals surface area (Å²) in [5, 5.41) is 7.79. The van der Waals surface area contributed by atoms with Crippen LogP contribution in [0.5, 0.6) is 0 Å². The van der Waals surface area contributed by atoms with E-state index < -0.39 is 5.91 Å². The number of aromatic nitrogens is 3. The van der Waals surface area contributed by atoms with Gasteiger partial charge in [0, 0.05) is 16.3 Å². The lowest BCUT2D eigenvalue weighted by atomic mass is 10.1. The van der Waals surface area contributed by atoms with Crippen molar-refractivity contribution in [3.63, 3.8) is 0 Å². The molecule has 0 aliphatic rings. The molecule has 1 heterocycles. The number of carbonyl (C=O) groups is 1. The number of hydrogen-bond acceptors (Lipinski definition) is 3. The summed E-state index contributed by atoms with van der Waals surface area (Å²) in [6.45, 7) is 3.87. The monoisotopic (exact) mass is 420 g/mol. The van der Waals surface area contributed by atoms with Crippen molar-refractivity contribution in [1.29, 1.82) is 0 Å². The van der Waals surface area contributed by atoms with Crippen LogP contribution in [0, 0.1) is 19.7 Å². The van der Waals surface area contributed by atoms with Crippen molar-refractivity contribution in [2.75, 3.05) is 5.32 Å². The summed E-state index contributed by atoms with van der Waals surface area (Å²) < 4.78 is 14.9. The summed E-state index contributed by atoms with van der Waals surface area (Å²) >= 11 is 6.14. The van der Waals surface area contributed by atoms with E-state index in [1.54, 1.807) is 30.3 Å². The molecule has 7 heteroatoms. The molecular formula is C23H18ClFN4O. The Morgan fingerprint density at radius 2 is 1.80 bits per heavy atom. The molecule has 0 saturated carbocycles. The molecule has 0 bridgehead atoms. The van der Waals surface area contributed by atoms with Crippen LogP contribution >= 0.6 is 11.6 Å². The maximum atomic E-state index is 13.4. The molecule has 0 saturated heterocycles. The number of anilines is 1. The van der Waals surface area contributed by atoms with Gasteiger partial charge in [-0.2, -0.15) is 0 Å². The minimum Gasteiger partial charge on any atom is -0.319 e. The highest BCUT2D eigenvalue weighted by Gasteiger charge is 2.20. The van der Waals surface area contributed by atoms with Crippen LogP contribution in [0.15, 0.2) is 66.7 Å². The van der Waals surface area contributed by atoms with Crippen molar-refractivity contribution in [3.8, 4) is 17.1 Å². The fraction of sp³-hybridized carbons (Fsp3) is 0.0870. The summed E-state index contributed by atoms with van der Waals surface area (Å²) in [5.74, 6) is -0.380. The lowest BCUT2D eigenvalue weighted by Gasteiger charge is -2.07. The van der Waals surface area contributed by atoms with Gasteiger partial charge in [-0.1, -0.05) is 35.9 Å². The minimum atomic E-state index is -0.437. The second-order valence-electron chi connectivity index (χ2n) is 6.93. The van der Waals surface area contributed by atoms with E-state index in [1.807, 2.05) is 38.1 Å². The predicted molar refractivity (Wildman–Crippen MR) is 116 cm³/mol. The number of halogens is 2. The molecule has 4 aromatic rings. The Balaban J connectivity index is 1.77. The van der Waals surface area contributed by atoms with Gasteiger partial charge in [-0.25, -0.2) is 14.1 Å². The topological polar surface area (TPSA) is 59.8 Å². The van der Waals surface area contributed by atoms with E-state index in [1.165, 1.54) is 16.8 Å². The van der Waals surface area contributed by atoms with Gasteiger partial charge in [0.05, 0.1) is 5.69 Å². The molecule has 0 aliphatic carbocycles. The van der Waals surface area contributed by atoms with Gasteiger partial charge >= 0.3 is 0 Å². The van der Waals surface area contributed by atoms with Crippen molar-refractivity contribution in [2.45, 2.75) is 13.8 Å². The average Bonchev–Trinajstić information content (AvgIpc) is 3.17. The van der Waals surface area contributed by atoms with Gasteiger partial charge in [0.15, 0.2) is 5.82 Å². The maximum absolute atomic E-state index is 13.4. The predicted octanol–water partition coefficient (Wildman–Crippen LogP) is 5.60. The van der Waals surface area contributed by atoms with Crippen LogP contribution in [0.1, 0.15) is 21.7 Å². The molecule has 0 atom stereocenters. The Morgan fingerprint density at radius 1 is 1.03 bits per heavy atom. The van der Waals surface area contributed by atoms with Crippen LogP contribution < -0.4 is 5.32 Å². The van der Waals surface area contributed by atoms with Gasteiger partial charge in [-0.15, -0.1) is 5.10 Å². The number of nitrogens with zero attached hydrogens (tertiary/aromatic N) is 3. The molecule has 0 aliphatic heterocycles. The van der Waals surface area contributed by atoms with Crippen LogP contribution in [0.3, 0.4) is 0 Å². The minimum absolute atomic E-state index is 0.00444. The molecule has 5 nitrogen and oxygen atoms in total. The molecule has 0 fully saturated rings. The maximum Gasteiger partial charge on any atom is 0.295 e. The van der Waals surface area contributed by atoms with Crippen molar-refractivity contribution < 1.29 is 9.18 Å². The Morgan fingerprint density at radius 3 is 2.53 bits per heavy atom. The van der Waals surface area contributed by atoms with Crippen LogP contribution in [-0.2, 0) is 0 Å². The van der Waals surface area contributed by atoms with E-state index in [-0.39, 0.29) is 11.6 Å². The zero-order valence-corrected chi connectivity index (χ0v) is 17.1. The fourth-order valence-corrected chi connectivity index (χ4v) is 3.22. The van der Waals surface area contributed by atoms with Gasteiger partial charge in [0.25, 0.3) is 5.91 Å². The highest BCUT2D eigenvalue weighted by atomic mass is 35.5. The lowest BCUT2D eigenvalue weighted by molar-refractivity contribution is 0.101. The molecule has 150 valence electrons. The van der Waals surface area contributed by atoms with E-state index >= 15 is 0 Å². The third kappa shape index (κ3) is 4.09. The van der Waals surface area contributed by atoms with E-state index in [4.69, 9.17) is 11.6 Å². The van der Waals surface area contributed by atoms with Crippen molar-refractivity contribution in [2.24, 2.45) is 0 Å². The summed E-state index contributed by atoms with van der Waals surface area (Å²) in [5.41, 5.74) is 3.92. The lowest BCUT2D eigenvalue weighted by Crippen LogP contribution is -2.15. The van der Waals surface area contributed by atoms with Crippen molar-refractivity contribution >= 4 is 23.2 Å². The zero-order chi connectivity index (χ0) is 21.3. The molecule has 0 spiro atoms. The Bertz CT molecular complexity index is 1230. The first-order valence-electron chi connectivity index (χ1n) is 9.28. The highest BCUT2D eigenvalue weighted by molar-refractivity contribution is 6.30. The largest absolute Gasteiger partial charge is 0.319 e. The van der Waals surface area contributed by atoms with E-state index in [2.05, 4.69) is 15.4 Å². The van der Waals surface area contributed by atoms with Gasteiger partial charge in [-0.3, -0.25) is 4.79 Å². The number of rotatable bonds is 4. The van der Waals surface area contributed by atoms with Crippen molar-refractivity contribution in [3.05, 3.63) is 94.5 Å². The Labute approximate surface area is 178 Å². The first-order chi connectivity index (χ1) is 14.4. The first kappa shape index (κ1) is 19.8. The van der Waals surface area contributed by atoms with E-state index in [0.29, 0.717) is 27.8 Å². The second kappa shape index (κ2) is 8.08. The van der Waals surface area contributed by atoms with Crippen LogP contribution in [-0.4, -0.2) is 20.7 Å². The molecule has 3 aromatic carbocycles. The van der Waals surface area contributed by atoms with Crippen LogP contribution in [0.25, 0.3) is 17.1 Å². The zero-order valence-electron chi connectivity index (χ0n) is 16.4. The SMILES string of the molecule is Cc1ccc(C)c(NC(=O)c2nc(-c3cccc(Cl)c3)n(-c3ccc(F)cc3)n2)c1. The van der Waals surface area contributed by atoms with Gasteiger partial charge in [0.1, 0.15) is 5.82 Å². The van der Waals surface area contributed by atoms with E-state index in [9.17, 15) is 9.18 Å². The number of hydrogen-bond donors (Lipinski definition) is 1. The normalized spacial score (nSPS) is 10.8. The quantitative estimate of drug-likeness (QED) is 0.467. The molecule has 30 heavy (non-hydrogen) atoms. The van der Waals surface area contributed by atoms with Gasteiger partial charge in [0.2, 0.25) is 5.82 Å². The average molecular weight is 421 g/mol. The Kier molecular flexibility index (Phi) is 5.33. The summed E-state index contributed by atoms with van der Waals surface area (Å²) in [4.78, 5) is 17.3. The highest BCUT2D eigenvalue weighted by Crippen LogP contribution is 2.25. The smallest absolute Gasteiger partial charge is 0.295 e. The molecule has 0 unspecified atom stereocenters. The van der Waals surface area contributed by atoms with Crippen LogP contribution in [0.4, 0.5) is 10.1 Å². The number of aryl methyl sites for hydroxylation is 2. The molecule has 4 rings (SSSR count). The number of nitrogens with one attached hydrogen (secondary N) is 1. The number of carbonyl (C=O) groups excluding carboxylic acids is 1. The summed E-state index contributed by atoms with van der Waals surface area (Å²) in [7, 11) is 0. The standard InChI is InChI=1S/C23H18ClFN4O/c1-14-6-7-15(2)20(12-14)26-23(30)21-27-22(16-4-3-5-17(24)13-16)29(28-21)19-10-8-18(25)9-11-19/h3-13H,1-2H3,(H,26,30). The van der Waals surface area contributed by atoms with Gasteiger partial charge < -0.3 is 5.32 Å². The Hall–Kier alpha value is -3.51. The fourth-order valence-electron chi connectivity index (χ4n) is 3.03. The molecule has 1 amide bonds. The molecule has 1 aromatic heterocycles. The first-order valence-corrected chi connectivity index (χ1v) is 9.66. The molecule has 0 radical (unpaired) electrons. The van der Waals surface area contributed by atoms with Crippen molar-refractivity contribution in [1.82, 2.24) is 14.8 Å². The van der Waals surface area contributed by atoms with E-state index in [0.717, 1.165) is 11.1 Å². The summed E-state index contributed by atoms with van der Waals surface area (Å²) in [6.07, 6.45) is 0. The van der Waals surface area contributed by atoms with Crippen LogP contribution in [0.2, 0.25) is 5.02 Å². The second-order valence-corrected chi connectivity index (χ2v) is 7.37. The third-order valence-electron chi connectivity index (χ3n) is 4.61. The van der Waals surface area contributed by atoms with Gasteiger partial charge in [-0.05, 0) is 67.4 Å². The summed E-state index contributed by atoms with van der Waals surface area (Å²) in [6, 6.07) is 18.7.